The van der Waals surface area contributed by atoms with Crippen molar-refractivity contribution in [3.8, 4) is 0 Å². The Balaban J connectivity index is 2.36. The van der Waals surface area contributed by atoms with Crippen molar-refractivity contribution in [1.82, 2.24) is 9.97 Å². The molecule has 1 aromatic heterocycles. The summed E-state index contributed by atoms with van der Waals surface area (Å²) < 4.78 is 0. The van der Waals surface area contributed by atoms with E-state index in [1.807, 2.05) is 13.0 Å². The topological polar surface area (TPSA) is 29.0 Å². The quantitative estimate of drug-likeness (QED) is 0.743. The van der Waals surface area contributed by atoms with Gasteiger partial charge in [-0.3, -0.25) is 0 Å². The molecule has 16 heavy (non-hydrogen) atoms. The molecule has 0 atom stereocenters. The lowest BCUT2D eigenvalue weighted by atomic mass is 10.0. The third kappa shape index (κ3) is 2.14. The van der Waals surface area contributed by atoms with Gasteiger partial charge in [0.1, 0.15) is 16.8 Å². The molecule has 4 heteroatoms. The molecule has 1 aromatic rings. The maximum Gasteiger partial charge on any atom is 0.134 e. The molecule has 0 bridgehead atoms. The Hall–Kier alpha value is -0.830. The third-order valence-corrected chi connectivity index (χ3v) is 3.42. The van der Waals surface area contributed by atoms with Gasteiger partial charge in [0.2, 0.25) is 0 Å². The average Bonchev–Trinajstić information content (AvgIpc) is 2.57. The van der Waals surface area contributed by atoms with E-state index < -0.39 is 0 Å². The SMILES string of the molecule is CCc1nc(Cl)cc(N2CCCC2(C)C)n1. The van der Waals surface area contributed by atoms with Crippen LogP contribution in [0.2, 0.25) is 5.15 Å². The number of anilines is 1. The zero-order valence-corrected chi connectivity index (χ0v) is 10.9. The summed E-state index contributed by atoms with van der Waals surface area (Å²) in [5.74, 6) is 1.80. The first-order valence-corrected chi connectivity index (χ1v) is 6.22. The summed E-state index contributed by atoms with van der Waals surface area (Å²) in [4.78, 5) is 11.1. The van der Waals surface area contributed by atoms with Crippen LogP contribution in [0, 0.1) is 0 Å². The standard InChI is InChI=1S/C12H18ClN3/c1-4-10-14-9(13)8-11(15-10)16-7-5-6-12(16,2)3/h8H,4-7H2,1-3H3. The minimum Gasteiger partial charge on any atom is -0.351 e. The number of hydrogen-bond donors (Lipinski definition) is 0. The van der Waals surface area contributed by atoms with Crippen LogP contribution in [0.3, 0.4) is 0 Å². The minimum atomic E-state index is 0.183. The van der Waals surface area contributed by atoms with Crippen LogP contribution in [0.1, 0.15) is 39.4 Å². The zero-order valence-electron chi connectivity index (χ0n) is 10.1. The van der Waals surface area contributed by atoms with Gasteiger partial charge < -0.3 is 4.90 Å². The Morgan fingerprint density at radius 3 is 2.75 bits per heavy atom. The predicted octanol–water partition coefficient (Wildman–Crippen LogP) is 3.07. The van der Waals surface area contributed by atoms with Crippen LogP contribution < -0.4 is 4.90 Å². The summed E-state index contributed by atoms with van der Waals surface area (Å²) in [6.45, 7) is 7.61. The number of hydrogen-bond acceptors (Lipinski definition) is 3. The molecular formula is C12H18ClN3. The lowest BCUT2D eigenvalue weighted by molar-refractivity contribution is 0.513. The minimum absolute atomic E-state index is 0.183. The van der Waals surface area contributed by atoms with Crippen LogP contribution >= 0.6 is 11.6 Å². The van der Waals surface area contributed by atoms with Crippen LogP contribution in [-0.2, 0) is 6.42 Å². The van der Waals surface area contributed by atoms with E-state index in [2.05, 4.69) is 28.7 Å². The molecule has 1 saturated heterocycles. The number of halogens is 1. The molecule has 1 aliphatic rings. The Kier molecular flexibility index (Phi) is 3.06. The van der Waals surface area contributed by atoms with Gasteiger partial charge >= 0.3 is 0 Å². The van der Waals surface area contributed by atoms with Crippen molar-refractivity contribution in [2.24, 2.45) is 0 Å². The lowest BCUT2D eigenvalue weighted by Crippen LogP contribution is -2.38. The van der Waals surface area contributed by atoms with Crippen molar-refractivity contribution in [2.75, 3.05) is 11.4 Å². The maximum atomic E-state index is 6.02. The molecule has 0 aliphatic carbocycles. The number of rotatable bonds is 2. The van der Waals surface area contributed by atoms with Crippen molar-refractivity contribution in [1.29, 1.82) is 0 Å². The van der Waals surface area contributed by atoms with E-state index in [4.69, 9.17) is 11.6 Å². The molecular weight excluding hydrogens is 222 g/mol. The first-order valence-electron chi connectivity index (χ1n) is 5.84. The molecule has 0 radical (unpaired) electrons. The molecule has 0 unspecified atom stereocenters. The fraction of sp³-hybridized carbons (Fsp3) is 0.667. The Morgan fingerprint density at radius 2 is 2.19 bits per heavy atom. The van der Waals surface area contributed by atoms with E-state index in [0.717, 1.165) is 24.6 Å². The van der Waals surface area contributed by atoms with Crippen LogP contribution in [-0.4, -0.2) is 22.1 Å². The fourth-order valence-electron chi connectivity index (χ4n) is 2.28. The second-order valence-corrected chi connectivity index (χ2v) is 5.27. The third-order valence-electron chi connectivity index (χ3n) is 3.22. The van der Waals surface area contributed by atoms with Crippen LogP contribution in [0.15, 0.2) is 6.07 Å². The molecule has 1 fully saturated rings. The lowest BCUT2D eigenvalue weighted by Gasteiger charge is -2.32. The Bertz CT molecular complexity index is 390. The van der Waals surface area contributed by atoms with E-state index >= 15 is 0 Å². The van der Waals surface area contributed by atoms with Gasteiger partial charge in [-0.05, 0) is 26.7 Å². The van der Waals surface area contributed by atoms with Crippen molar-refractivity contribution in [2.45, 2.75) is 45.6 Å². The maximum absolute atomic E-state index is 6.02. The van der Waals surface area contributed by atoms with E-state index in [1.165, 1.54) is 12.8 Å². The largest absolute Gasteiger partial charge is 0.351 e. The smallest absolute Gasteiger partial charge is 0.134 e. The molecule has 0 spiro atoms. The summed E-state index contributed by atoms with van der Waals surface area (Å²) in [5.41, 5.74) is 0.183. The normalized spacial score (nSPS) is 19.1. The number of nitrogens with zero attached hydrogens (tertiary/aromatic N) is 3. The van der Waals surface area contributed by atoms with Gasteiger partial charge in [0.15, 0.2) is 0 Å². The fourth-order valence-corrected chi connectivity index (χ4v) is 2.48. The Morgan fingerprint density at radius 1 is 1.44 bits per heavy atom. The van der Waals surface area contributed by atoms with Crippen LogP contribution in [0.25, 0.3) is 0 Å². The highest BCUT2D eigenvalue weighted by Gasteiger charge is 2.33. The molecule has 0 aromatic carbocycles. The van der Waals surface area contributed by atoms with Gasteiger partial charge in [0.05, 0.1) is 0 Å². The Labute approximate surface area is 102 Å². The molecule has 88 valence electrons. The zero-order chi connectivity index (χ0) is 11.8. The summed E-state index contributed by atoms with van der Waals surface area (Å²) >= 11 is 6.02. The highest BCUT2D eigenvalue weighted by Crippen LogP contribution is 2.33. The van der Waals surface area contributed by atoms with Gasteiger partial charge in [-0.25, -0.2) is 9.97 Å². The highest BCUT2D eigenvalue weighted by atomic mass is 35.5. The van der Waals surface area contributed by atoms with E-state index in [1.54, 1.807) is 0 Å². The second kappa shape index (κ2) is 4.21. The molecule has 1 aliphatic heterocycles. The van der Waals surface area contributed by atoms with E-state index in [0.29, 0.717) is 5.15 Å². The first-order chi connectivity index (χ1) is 7.53. The number of aromatic nitrogens is 2. The molecule has 0 saturated carbocycles. The van der Waals surface area contributed by atoms with Crippen LogP contribution in [0.5, 0.6) is 0 Å². The molecule has 0 N–H and O–H groups in total. The number of aryl methyl sites for hydroxylation is 1. The summed E-state index contributed by atoms with van der Waals surface area (Å²) in [6, 6.07) is 1.87. The average molecular weight is 240 g/mol. The van der Waals surface area contributed by atoms with Crippen molar-refractivity contribution in [3.05, 3.63) is 17.0 Å². The van der Waals surface area contributed by atoms with Crippen LogP contribution in [0.4, 0.5) is 5.82 Å². The van der Waals surface area contributed by atoms with Gasteiger partial charge in [-0.2, -0.15) is 0 Å². The summed E-state index contributed by atoms with van der Waals surface area (Å²) in [6.07, 6.45) is 3.24. The molecule has 2 rings (SSSR count). The van der Waals surface area contributed by atoms with E-state index in [-0.39, 0.29) is 5.54 Å². The molecule has 2 heterocycles. The summed E-state index contributed by atoms with van der Waals surface area (Å²) in [7, 11) is 0. The van der Waals surface area contributed by atoms with Crippen molar-refractivity contribution in [3.63, 3.8) is 0 Å². The van der Waals surface area contributed by atoms with Crippen molar-refractivity contribution < 1.29 is 0 Å². The monoisotopic (exact) mass is 239 g/mol. The molecule has 3 nitrogen and oxygen atoms in total. The van der Waals surface area contributed by atoms with E-state index in [9.17, 15) is 0 Å². The predicted molar refractivity (Wildman–Crippen MR) is 67.1 cm³/mol. The first kappa shape index (κ1) is 11.6. The van der Waals surface area contributed by atoms with Gasteiger partial charge in [-0.15, -0.1) is 0 Å². The summed E-state index contributed by atoms with van der Waals surface area (Å²) in [5, 5.41) is 0.546. The molecule has 0 amide bonds. The van der Waals surface area contributed by atoms with Crippen molar-refractivity contribution >= 4 is 17.4 Å². The van der Waals surface area contributed by atoms with Gasteiger partial charge in [0.25, 0.3) is 0 Å². The highest BCUT2D eigenvalue weighted by molar-refractivity contribution is 6.29. The van der Waals surface area contributed by atoms with Gasteiger partial charge in [0, 0.05) is 24.6 Å². The second-order valence-electron chi connectivity index (χ2n) is 4.89. The van der Waals surface area contributed by atoms with Gasteiger partial charge in [-0.1, -0.05) is 18.5 Å².